The van der Waals surface area contributed by atoms with Crippen LogP contribution in [0, 0.1) is 0 Å². The maximum atomic E-state index is 9.91. The summed E-state index contributed by atoms with van der Waals surface area (Å²) in [5, 5.41) is 0. The summed E-state index contributed by atoms with van der Waals surface area (Å²) in [5.74, 6) is 0. The molecule has 0 N–H and O–H groups in total. The maximum absolute atomic E-state index is 9.91. The number of hydrogen-bond donors (Lipinski definition) is 0. The van der Waals surface area contributed by atoms with E-state index in [0.29, 0.717) is 6.42 Å². The third-order valence-corrected chi connectivity index (χ3v) is 1.30. The summed E-state index contributed by atoms with van der Waals surface area (Å²) in [7, 11) is 0. The van der Waals surface area contributed by atoms with E-state index in [9.17, 15) is 4.79 Å². The highest BCUT2D eigenvalue weighted by atomic mass is 35.5. The molecule has 0 aliphatic heterocycles. The molecule has 1 aromatic rings. The number of aromatic nitrogens is 2. The fourth-order valence-corrected chi connectivity index (χ4v) is 0.776. The van der Waals surface area contributed by atoms with Crippen LogP contribution in [0.2, 0.25) is 0 Å². The molecule has 0 aliphatic rings. The van der Waals surface area contributed by atoms with E-state index >= 15 is 0 Å². The van der Waals surface area contributed by atoms with Crippen LogP contribution in [0.25, 0.3) is 0 Å². The van der Waals surface area contributed by atoms with Gasteiger partial charge in [0, 0.05) is 25.4 Å². The first kappa shape index (κ1) is 10.2. The molecule has 0 atom stereocenters. The number of aldehydes is 1. The standard InChI is InChI=1S/C7H10N2O.ClH/c10-6-2-1-4-9-5-3-8-7-9;/h3,5-7H,1-2,4H2;1H. The third kappa shape index (κ3) is 3.78. The fourth-order valence-electron chi connectivity index (χ4n) is 0.776. The molecule has 0 fully saturated rings. The zero-order chi connectivity index (χ0) is 7.23. The van der Waals surface area contributed by atoms with Crippen molar-refractivity contribution in [3.63, 3.8) is 0 Å². The van der Waals surface area contributed by atoms with E-state index in [4.69, 9.17) is 0 Å². The SMILES string of the molecule is Cl.O=CCCCn1ccnc1. The number of unbranched alkanes of at least 4 members (excludes halogenated alkanes) is 1. The minimum absolute atomic E-state index is 0. The van der Waals surface area contributed by atoms with Gasteiger partial charge in [0.1, 0.15) is 6.29 Å². The molecule has 11 heavy (non-hydrogen) atoms. The molecular weight excluding hydrogens is 164 g/mol. The van der Waals surface area contributed by atoms with Crippen LogP contribution in [0.5, 0.6) is 0 Å². The second kappa shape index (κ2) is 5.92. The van der Waals surface area contributed by atoms with Gasteiger partial charge in [-0.2, -0.15) is 0 Å². The van der Waals surface area contributed by atoms with Gasteiger partial charge in [-0.15, -0.1) is 12.4 Å². The van der Waals surface area contributed by atoms with E-state index in [1.165, 1.54) is 0 Å². The smallest absolute Gasteiger partial charge is 0.120 e. The molecule has 0 amide bonds. The molecule has 0 aliphatic carbocycles. The number of rotatable bonds is 4. The van der Waals surface area contributed by atoms with Gasteiger partial charge in [-0.25, -0.2) is 4.98 Å². The quantitative estimate of drug-likeness (QED) is 0.509. The molecule has 0 unspecified atom stereocenters. The third-order valence-electron chi connectivity index (χ3n) is 1.30. The topological polar surface area (TPSA) is 34.9 Å². The van der Waals surface area contributed by atoms with Gasteiger partial charge < -0.3 is 9.36 Å². The van der Waals surface area contributed by atoms with Crippen LogP contribution in [-0.2, 0) is 11.3 Å². The molecule has 0 aromatic carbocycles. The Morgan fingerprint density at radius 3 is 2.91 bits per heavy atom. The summed E-state index contributed by atoms with van der Waals surface area (Å²) in [6.07, 6.45) is 7.87. The van der Waals surface area contributed by atoms with Crippen LogP contribution in [0.3, 0.4) is 0 Å². The lowest BCUT2D eigenvalue weighted by atomic mass is 10.3. The van der Waals surface area contributed by atoms with Crippen LogP contribution in [0.4, 0.5) is 0 Å². The molecule has 62 valence electrons. The van der Waals surface area contributed by atoms with Crippen LogP contribution in [-0.4, -0.2) is 15.8 Å². The van der Waals surface area contributed by atoms with E-state index < -0.39 is 0 Å². The van der Waals surface area contributed by atoms with Gasteiger partial charge in [0.05, 0.1) is 6.33 Å². The molecule has 0 saturated carbocycles. The Morgan fingerprint density at radius 2 is 2.36 bits per heavy atom. The Hall–Kier alpha value is -0.830. The first-order valence-electron chi connectivity index (χ1n) is 3.33. The van der Waals surface area contributed by atoms with Crippen molar-refractivity contribution in [2.75, 3.05) is 0 Å². The first-order valence-corrected chi connectivity index (χ1v) is 3.33. The molecule has 0 radical (unpaired) electrons. The van der Waals surface area contributed by atoms with Gasteiger partial charge in [0.25, 0.3) is 0 Å². The van der Waals surface area contributed by atoms with Crippen LogP contribution in [0.1, 0.15) is 12.8 Å². The summed E-state index contributed by atoms with van der Waals surface area (Å²) in [6, 6.07) is 0. The minimum Gasteiger partial charge on any atom is -0.337 e. The molecule has 1 heterocycles. The summed E-state index contributed by atoms with van der Waals surface area (Å²) in [5.41, 5.74) is 0. The van der Waals surface area contributed by atoms with Gasteiger partial charge in [0.15, 0.2) is 0 Å². The molecule has 1 aromatic heterocycles. The van der Waals surface area contributed by atoms with Gasteiger partial charge in [0.2, 0.25) is 0 Å². The second-order valence-corrected chi connectivity index (χ2v) is 2.11. The molecule has 0 spiro atoms. The van der Waals surface area contributed by atoms with Crippen LogP contribution >= 0.6 is 12.4 Å². The monoisotopic (exact) mass is 174 g/mol. The van der Waals surface area contributed by atoms with Crippen molar-refractivity contribution in [1.29, 1.82) is 0 Å². The Morgan fingerprint density at radius 1 is 1.55 bits per heavy atom. The molecule has 3 nitrogen and oxygen atoms in total. The lowest BCUT2D eigenvalue weighted by Crippen LogP contribution is -1.93. The second-order valence-electron chi connectivity index (χ2n) is 2.11. The highest BCUT2D eigenvalue weighted by Crippen LogP contribution is 1.91. The van der Waals surface area contributed by atoms with Crippen molar-refractivity contribution >= 4 is 18.7 Å². The van der Waals surface area contributed by atoms with Gasteiger partial charge >= 0.3 is 0 Å². The van der Waals surface area contributed by atoms with Crippen LogP contribution in [0.15, 0.2) is 18.7 Å². The summed E-state index contributed by atoms with van der Waals surface area (Å²) in [4.78, 5) is 13.8. The summed E-state index contributed by atoms with van der Waals surface area (Å²) in [6.45, 7) is 0.888. The Balaban J connectivity index is 0.000001000. The zero-order valence-corrected chi connectivity index (χ0v) is 6.96. The lowest BCUT2D eigenvalue weighted by Gasteiger charge is -1.96. The van der Waals surface area contributed by atoms with E-state index in [1.807, 2.05) is 10.8 Å². The number of hydrogen-bond acceptors (Lipinski definition) is 2. The predicted molar refractivity (Wildman–Crippen MR) is 44.8 cm³/mol. The first-order chi connectivity index (χ1) is 4.93. The van der Waals surface area contributed by atoms with Crippen molar-refractivity contribution in [2.24, 2.45) is 0 Å². The fraction of sp³-hybridized carbons (Fsp3) is 0.429. The molecular formula is C7H11ClN2O. The number of aryl methyl sites for hydroxylation is 1. The van der Waals surface area contributed by atoms with Crippen molar-refractivity contribution < 1.29 is 4.79 Å². The molecule has 1 rings (SSSR count). The number of carbonyl (C=O) groups is 1. The van der Waals surface area contributed by atoms with Gasteiger partial charge in [-0.05, 0) is 6.42 Å². The highest BCUT2D eigenvalue weighted by Gasteiger charge is 1.87. The van der Waals surface area contributed by atoms with E-state index in [2.05, 4.69) is 4.98 Å². The van der Waals surface area contributed by atoms with Crippen molar-refractivity contribution in [3.8, 4) is 0 Å². The molecule has 4 heteroatoms. The van der Waals surface area contributed by atoms with E-state index in [-0.39, 0.29) is 12.4 Å². The Bertz CT molecular complexity index is 186. The average Bonchev–Trinajstić information content (AvgIpc) is 2.41. The van der Waals surface area contributed by atoms with Crippen LogP contribution < -0.4 is 0 Å². The summed E-state index contributed by atoms with van der Waals surface area (Å²) >= 11 is 0. The van der Waals surface area contributed by atoms with Gasteiger partial charge in [-0.3, -0.25) is 0 Å². The maximum Gasteiger partial charge on any atom is 0.120 e. The number of nitrogens with zero attached hydrogens (tertiary/aromatic N) is 2. The van der Waals surface area contributed by atoms with Crippen molar-refractivity contribution in [3.05, 3.63) is 18.7 Å². The Labute approximate surface area is 71.8 Å². The number of imidazole rings is 1. The molecule has 0 saturated heterocycles. The number of halogens is 1. The van der Waals surface area contributed by atoms with E-state index in [1.54, 1.807) is 12.5 Å². The normalized spacial score (nSPS) is 8.73. The zero-order valence-electron chi connectivity index (χ0n) is 6.14. The summed E-state index contributed by atoms with van der Waals surface area (Å²) < 4.78 is 1.96. The Kier molecular flexibility index (Phi) is 5.47. The predicted octanol–water partition coefficient (Wildman–Crippen LogP) is 1.28. The van der Waals surface area contributed by atoms with Crippen molar-refractivity contribution in [1.82, 2.24) is 9.55 Å². The van der Waals surface area contributed by atoms with Gasteiger partial charge in [-0.1, -0.05) is 0 Å². The lowest BCUT2D eigenvalue weighted by molar-refractivity contribution is -0.107. The average molecular weight is 175 g/mol. The minimum atomic E-state index is 0. The molecule has 0 bridgehead atoms. The largest absolute Gasteiger partial charge is 0.337 e. The highest BCUT2D eigenvalue weighted by molar-refractivity contribution is 5.85. The van der Waals surface area contributed by atoms with E-state index in [0.717, 1.165) is 19.3 Å². The number of carbonyl (C=O) groups excluding carboxylic acids is 1. The van der Waals surface area contributed by atoms with Crippen molar-refractivity contribution in [2.45, 2.75) is 19.4 Å².